The highest BCUT2D eigenvalue weighted by Gasteiger charge is 2.16. The monoisotopic (exact) mass is 472 g/mol. The topological polar surface area (TPSA) is 69.0 Å². The molecule has 174 valence electrons. The van der Waals surface area contributed by atoms with Gasteiger partial charge in [0.15, 0.2) is 11.0 Å². The third-order valence-electron chi connectivity index (χ3n) is 5.30. The fraction of sp³-hybridized carbons (Fsp3) is 0.222. The molecule has 1 heterocycles. The second kappa shape index (κ2) is 11.0. The molecule has 4 rings (SSSR count). The summed E-state index contributed by atoms with van der Waals surface area (Å²) in [6.07, 6.45) is 0. The Morgan fingerprint density at radius 1 is 0.971 bits per heavy atom. The Bertz CT molecular complexity index is 1220. The third-order valence-corrected chi connectivity index (χ3v) is 6.23. The first-order valence-corrected chi connectivity index (χ1v) is 12.2. The molecule has 4 aromatic rings. The lowest BCUT2D eigenvalue weighted by Crippen LogP contribution is -2.15. The van der Waals surface area contributed by atoms with Gasteiger partial charge in [-0.15, -0.1) is 10.2 Å². The van der Waals surface area contributed by atoms with Gasteiger partial charge in [-0.3, -0.25) is 9.36 Å². The van der Waals surface area contributed by atoms with Gasteiger partial charge in [0, 0.05) is 11.4 Å². The predicted molar refractivity (Wildman–Crippen MR) is 137 cm³/mol. The molecule has 0 unspecified atom stereocenters. The summed E-state index contributed by atoms with van der Waals surface area (Å²) in [7, 11) is 0. The Labute approximate surface area is 204 Å². The average molecular weight is 473 g/mol. The second-order valence-corrected chi connectivity index (χ2v) is 9.23. The molecular weight excluding hydrogens is 444 g/mol. The highest BCUT2D eigenvalue weighted by atomic mass is 32.2. The van der Waals surface area contributed by atoms with E-state index in [1.807, 2.05) is 90.4 Å². The van der Waals surface area contributed by atoms with E-state index in [0.717, 1.165) is 17.1 Å². The maximum Gasteiger partial charge on any atom is 0.234 e. The van der Waals surface area contributed by atoms with E-state index >= 15 is 0 Å². The van der Waals surface area contributed by atoms with Gasteiger partial charge in [0.25, 0.3) is 0 Å². The molecule has 1 amide bonds. The fourth-order valence-corrected chi connectivity index (χ4v) is 4.16. The van der Waals surface area contributed by atoms with E-state index in [1.54, 1.807) is 0 Å². The number of benzene rings is 3. The molecule has 0 aliphatic rings. The van der Waals surface area contributed by atoms with Crippen molar-refractivity contribution in [1.82, 2.24) is 14.8 Å². The van der Waals surface area contributed by atoms with Gasteiger partial charge >= 0.3 is 0 Å². The molecule has 0 radical (unpaired) electrons. The molecule has 0 aliphatic carbocycles. The molecule has 3 aromatic carbocycles. The van der Waals surface area contributed by atoms with Crippen molar-refractivity contribution >= 4 is 23.4 Å². The van der Waals surface area contributed by atoms with E-state index < -0.39 is 0 Å². The zero-order chi connectivity index (χ0) is 23.9. The number of hydrogen-bond acceptors (Lipinski definition) is 5. The van der Waals surface area contributed by atoms with Crippen LogP contribution in [-0.2, 0) is 11.4 Å². The zero-order valence-corrected chi connectivity index (χ0v) is 20.4. The van der Waals surface area contributed by atoms with E-state index in [1.165, 1.54) is 22.9 Å². The number of nitrogens with one attached hydrogen (secondary N) is 1. The zero-order valence-electron chi connectivity index (χ0n) is 19.6. The Morgan fingerprint density at radius 2 is 1.68 bits per heavy atom. The largest absolute Gasteiger partial charge is 0.486 e. The summed E-state index contributed by atoms with van der Waals surface area (Å²) in [5, 5.41) is 12.3. The fourth-order valence-electron chi connectivity index (χ4n) is 3.38. The highest BCUT2D eigenvalue weighted by Crippen LogP contribution is 2.24. The second-order valence-electron chi connectivity index (χ2n) is 8.29. The number of aromatic nitrogens is 3. The summed E-state index contributed by atoms with van der Waals surface area (Å²) in [5.74, 6) is 2.01. The smallest absolute Gasteiger partial charge is 0.234 e. The molecule has 0 fully saturated rings. The van der Waals surface area contributed by atoms with E-state index in [0.29, 0.717) is 16.9 Å². The summed E-state index contributed by atoms with van der Waals surface area (Å²) in [5.41, 5.74) is 4.12. The van der Waals surface area contributed by atoms with Gasteiger partial charge in [0.2, 0.25) is 5.91 Å². The van der Waals surface area contributed by atoms with E-state index in [2.05, 4.69) is 29.4 Å². The summed E-state index contributed by atoms with van der Waals surface area (Å²) < 4.78 is 7.88. The van der Waals surface area contributed by atoms with Crippen molar-refractivity contribution < 1.29 is 9.53 Å². The SMILES string of the molecule is Cc1ccc(OCc2nnc(SCC(=O)Nc3ccc(C(C)C)cc3)n2-c2ccccc2)cc1. The van der Waals surface area contributed by atoms with Crippen LogP contribution in [0.2, 0.25) is 0 Å². The summed E-state index contributed by atoms with van der Waals surface area (Å²) in [6, 6.07) is 25.7. The predicted octanol–water partition coefficient (Wildman–Crippen LogP) is 6.01. The van der Waals surface area contributed by atoms with Crippen LogP contribution in [0.25, 0.3) is 5.69 Å². The molecular formula is C27H28N4O2S. The highest BCUT2D eigenvalue weighted by molar-refractivity contribution is 7.99. The first kappa shape index (κ1) is 23.6. The average Bonchev–Trinajstić information content (AvgIpc) is 3.26. The maximum absolute atomic E-state index is 12.6. The van der Waals surface area contributed by atoms with Crippen molar-refractivity contribution in [1.29, 1.82) is 0 Å². The van der Waals surface area contributed by atoms with Crippen LogP contribution in [0.5, 0.6) is 5.75 Å². The molecule has 0 aliphatic heterocycles. The van der Waals surface area contributed by atoms with Crippen molar-refractivity contribution in [2.75, 3.05) is 11.1 Å². The Morgan fingerprint density at radius 3 is 2.35 bits per heavy atom. The van der Waals surface area contributed by atoms with E-state index in [4.69, 9.17) is 4.74 Å². The molecule has 6 nitrogen and oxygen atoms in total. The van der Waals surface area contributed by atoms with Crippen molar-refractivity contribution in [2.24, 2.45) is 0 Å². The van der Waals surface area contributed by atoms with Crippen LogP contribution in [-0.4, -0.2) is 26.4 Å². The van der Waals surface area contributed by atoms with Crippen LogP contribution >= 0.6 is 11.8 Å². The van der Waals surface area contributed by atoms with Crippen LogP contribution in [0, 0.1) is 6.92 Å². The van der Waals surface area contributed by atoms with Crippen molar-refractivity contribution in [3.63, 3.8) is 0 Å². The molecule has 7 heteroatoms. The van der Waals surface area contributed by atoms with Gasteiger partial charge in [0.05, 0.1) is 5.75 Å². The molecule has 0 saturated carbocycles. The number of rotatable bonds is 9. The lowest BCUT2D eigenvalue weighted by molar-refractivity contribution is -0.113. The maximum atomic E-state index is 12.6. The molecule has 0 saturated heterocycles. The molecule has 1 N–H and O–H groups in total. The number of aryl methyl sites for hydroxylation is 1. The third kappa shape index (κ3) is 6.05. The van der Waals surface area contributed by atoms with E-state index in [9.17, 15) is 4.79 Å². The van der Waals surface area contributed by atoms with Crippen molar-refractivity contribution in [3.8, 4) is 11.4 Å². The number of amides is 1. The van der Waals surface area contributed by atoms with Crippen LogP contribution in [0.4, 0.5) is 5.69 Å². The number of ether oxygens (including phenoxy) is 1. The number of carbonyl (C=O) groups is 1. The molecule has 0 bridgehead atoms. The normalized spacial score (nSPS) is 10.9. The molecule has 1 aromatic heterocycles. The Balaban J connectivity index is 1.45. The number of thioether (sulfide) groups is 1. The van der Waals surface area contributed by atoms with Crippen molar-refractivity contribution in [3.05, 3.63) is 95.8 Å². The first-order chi connectivity index (χ1) is 16.5. The minimum Gasteiger partial charge on any atom is -0.486 e. The molecule has 0 atom stereocenters. The lowest BCUT2D eigenvalue weighted by Gasteiger charge is -2.11. The quantitative estimate of drug-likeness (QED) is 0.302. The number of hydrogen-bond donors (Lipinski definition) is 1. The van der Waals surface area contributed by atoms with Gasteiger partial charge in [-0.2, -0.15) is 0 Å². The number of anilines is 1. The summed E-state index contributed by atoms with van der Waals surface area (Å²) in [4.78, 5) is 12.6. The number of para-hydroxylation sites is 1. The Hall–Kier alpha value is -3.58. The molecule has 34 heavy (non-hydrogen) atoms. The van der Waals surface area contributed by atoms with E-state index in [-0.39, 0.29) is 18.3 Å². The van der Waals surface area contributed by atoms with Crippen LogP contribution in [0.3, 0.4) is 0 Å². The van der Waals surface area contributed by atoms with Gasteiger partial charge in [-0.05, 0) is 54.8 Å². The van der Waals surface area contributed by atoms with Gasteiger partial charge in [0.1, 0.15) is 12.4 Å². The first-order valence-electron chi connectivity index (χ1n) is 11.2. The van der Waals surface area contributed by atoms with Crippen LogP contribution in [0.1, 0.15) is 36.7 Å². The van der Waals surface area contributed by atoms with Gasteiger partial charge in [-0.1, -0.05) is 73.6 Å². The number of nitrogens with zero attached hydrogens (tertiary/aromatic N) is 3. The van der Waals surface area contributed by atoms with Crippen LogP contribution < -0.4 is 10.1 Å². The van der Waals surface area contributed by atoms with Gasteiger partial charge < -0.3 is 10.1 Å². The molecule has 0 spiro atoms. The Kier molecular flexibility index (Phi) is 7.65. The standard InChI is InChI=1S/C27H28N4O2S/c1-19(2)21-11-13-22(14-12-21)28-26(32)18-34-27-30-29-25(31(27)23-7-5-4-6-8-23)17-33-24-15-9-20(3)10-16-24/h4-16,19H,17-18H2,1-3H3,(H,28,32). The lowest BCUT2D eigenvalue weighted by atomic mass is 10.0. The van der Waals surface area contributed by atoms with Gasteiger partial charge in [-0.25, -0.2) is 0 Å². The van der Waals surface area contributed by atoms with Crippen LogP contribution in [0.15, 0.2) is 84.0 Å². The summed E-state index contributed by atoms with van der Waals surface area (Å²) in [6.45, 7) is 6.59. The van der Waals surface area contributed by atoms with Crippen molar-refractivity contribution in [2.45, 2.75) is 38.5 Å². The summed E-state index contributed by atoms with van der Waals surface area (Å²) >= 11 is 1.34. The minimum absolute atomic E-state index is 0.0950. The number of carbonyl (C=O) groups excluding carboxylic acids is 1. The minimum atomic E-state index is -0.0950.